The third-order valence-corrected chi connectivity index (χ3v) is 7.15. The average Bonchev–Trinajstić information content (AvgIpc) is 3.56. The molecule has 0 saturated carbocycles. The first-order chi connectivity index (χ1) is 21.8. The van der Waals surface area contributed by atoms with Crippen LogP contribution in [-0.2, 0) is 22.6 Å². The molecule has 0 saturated heterocycles. The van der Waals surface area contributed by atoms with E-state index in [1.807, 2.05) is 98.7 Å². The Morgan fingerprint density at radius 1 is 0.978 bits per heavy atom. The van der Waals surface area contributed by atoms with Gasteiger partial charge in [-0.15, -0.1) is 5.10 Å². The lowest BCUT2D eigenvalue weighted by Crippen LogP contribution is -2.44. The number of nitrogens with zero attached hydrogens (tertiary/aromatic N) is 5. The number of benzene rings is 4. The number of anilines is 1. The predicted molar refractivity (Wildman–Crippen MR) is 173 cm³/mol. The van der Waals surface area contributed by atoms with E-state index in [2.05, 4.69) is 26.2 Å². The number of aromatic nitrogens is 4. The molecule has 45 heavy (non-hydrogen) atoms. The molecule has 2 amide bonds. The third kappa shape index (κ3) is 8.12. The van der Waals surface area contributed by atoms with Crippen molar-refractivity contribution in [2.24, 2.45) is 0 Å². The summed E-state index contributed by atoms with van der Waals surface area (Å²) in [4.78, 5) is 28.7. The Morgan fingerprint density at radius 2 is 1.76 bits per heavy atom. The number of tetrazole rings is 1. The average molecular weight is 604 g/mol. The first-order valence-corrected chi connectivity index (χ1v) is 14.5. The highest BCUT2D eigenvalue weighted by atomic mass is 19.1. The third-order valence-electron chi connectivity index (χ3n) is 7.15. The largest absolute Gasteiger partial charge is 0.340 e. The van der Waals surface area contributed by atoms with Gasteiger partial charge >= 0.3 is 0 Å². The minimum Gasteiger partial charge on any atom is -0.340 e. The summed E-state index contributed by atoms with van der Waals surface area (Å²) in [5.41, 5.74) is 5.96. The molecule has 0 aliphatic carbocycles. The maximum atomic E-state index is 15.4. The minimum atomic E-state index is -0.971. The van der Waals surface area contributed by atoms with Crippen molar-refractivity contribution in [1.82, 2.24) is 30.4 Å². The van der Waals surface area contributed by atoms with E-state index < -0.39 is 23.7 Å². The molecule has 0 bridgehead atoms. The van der Waals surface area contributed by atoms with Crippen molar-refractivity contribution in [2.75, 3.05) is 19.4 Å². The molecule has 1 aromatic heterocycles. The number of hydrogen-bond acceptors (Lipinski definition) is 6. The smallest absolute Gasteiger partial charge is 0.247 e. The Hall–Kier alpha value is -5.48. The second kappa shape index (κ2) is 14.3. The number of nitrogens with one attached hydrogen (secondary N) is 2. The van der Waals surface area contributed by atoms with Gasteiger partial charge in [0.15, 0.2) is 0 Å². The molecule has 9 nitrogen and oxygen atoms in total. The number of carbonyl (C=O) groups excluding carboxylic acids is 2. The number of rotatable bonds is 11. The molecule has 1 atom stereocenters. The van der Waals surface area contributed by atoms with Crippen LogP contribution in [0.4, 0.5) is 10.1 Å². The SMILES string of the molecule is Cc1ccc(-n2cnnn2)c(/C=C/C(=O)N[C@@H](Cc2ccccc2)C(=O)Nc2ccc(-c3ccccc3CN(C)C)cc2F)c1. The lowest BCUT2D eigenvalue weighted by molar-refractivity contribution is -0.123. The summed E-state index contributed by atoms with van der Waals surface area (Å²) in [5, 5.41) is 16.8. The van der Waals surface area contributed by atoms with E-state index in [1.165, 1.54) is 23.2 Å². The second-order valence-corrected chi connectivity index (χ2v) is 11.0. The van der Waals surface area contributed by atoms with Crippen LogP contribution < -0.4 is 10.6 Å². The van der Waals surface area contributed by atoms with Crippen molar-refractivity contribution in [2.45, 2.75) is 25.9 Å². The van der Waals surface area contributed by atoms with Crippen LogP contribution in [0, 0.1) is 12.7 Å². The van der Waals surface area contributed by atoms with Gasteiger partial charge in [0, 0.05) is 24.6 Å². The van der Waals surface area contributed by atoms with E-state index in [4.69, 9.17) is 0 Å². The van der Waals surface area contributed by atoms with Gasteiger partial charge in [-0.25, -0.2) is 4.39 Å². The Balaban J connectivity index is 1.35. The Kier molecular flexibility index (Phi) is 9.86. The van der Waals surface area contributed by atoms with Gasteiger partial charge in [0.1, 0.15) is 18.2 Å². The van der Waals surface area contributed by atoms with E-state index in [9.17, 15) is 9.59 Å². The standard InChI is InChI=1S/C35H34FN7O2/c1-24-13-17-33(43-23-37-40-41-43)27(19-24)15-18-34(44)38-32(20-25-9-5-4-6-10-25)35(45)39-31-16-14-26(21-30(31)36)29-12-8-7-11-28(29)22-42(2)3/h4-19,21,23,32H,20,22H2,1-3H3,(H,38,44)(H,39,45)/b18-15+/t32-/m0/s1. The fraction of sp³-hybridized carbons (Fsp3) is 0.171. The molecule has 0 aliphatic rings. The first-order valence-electron chi connectivity index (χ1n) is 14.5. The van der Waals surface area contributed by atoms with Crippen LogP contribution in [0.1, 0.15) is 22.3 Å². The Morgan fingerprint density at radius 3 is 2.49 bits per heavy atom. The molecule has 4 aromatic carbocycles. The highest BCUT2D eigenvalue weighted by Crippen LogP contribution is 2.28. The van der Waals surface area contributed by atoms with Gasteiger partial charge in [-0.1, -0.05) is 72.3 Å². The van der Waals surface area contributed by atoms with Crippen molar-refractivity contribution in [1.29, 1.82) is 0 Å². The number of carbonyl (C=O) groups is 2. The van der Waals surface area contributed by atoms with Gasteiger partial charge in [0.05, 0.1) is 11.4 Å². The van der Waals surface area contributed by atoms with Gasteiger partial charge in [-0.2, -0.15) is 4.68 Å². The van der Waals surface area contributed by atoms with Crippen molar-refractivity contribution in [3.05, 3.63) is 131 Å². The summed E-state index contributed by atoms with van der Waals surface area (Å²) < 4.78 is 16.9. The molecule has 0 fully saturated rings. The van der Waals surface area contributed by atoms with E-state index in [1.54, 1.807) is 18.2 Å². The lowest BCUT2D eigenvalue weighted by Gasteiger charge is -2.19. The molecular formula is C35H34FN7O2. The fourth-order valence-electron chi connectivity index (χ4n) is 5.02. The van der Waals surface area contributed by atoms with E-state index in [0.29, 0.717) is 17.8 Å². The minimum absolute atomic E-state index is 0.0301. The molecule has 10 heteroatoms. The van der Waals surface area contributed by atoms with Crippen LogP contribution in [0.5, 0.6) is 0 Å². The van der Waals surface area contributed by atoms with Gasteiger partial charge in [-0.3, -0.25) is 9.59 Å². The van der Waals surface area contributed by atoms with Gasteiger partial charge < -0.3 is 15.5 Å². The fourth-order valence-corrected chi connectivity index (χ4v) is 5.02. The van der Waals surface area contributed by atoms with Crippen molar-refractivity contribution < 1.29 is 14.0 Å². The molecule has 1 heterocycles. The predicted octanol–water partition coefficient (Wildman–Crippen LogP) is 5.22. The number of halogens is 1. The van der Waals surface area contributed by atoms with Crippen LogP contribution in [0.15, 0.2) is 103 Å². The van der Waals surface area contributed by atoms with Crippen LogP contribution in [0.3, 0.4) is 0 Å². The van der Waals surface area contributed by atoms with Gasteiger partial charge in [-0.05, 0) is 84.0 Å². The van der Waals surface area contributed by atoms with Crippen LogP contribution in [-0.4, -0.2) is 57.1 Å². The van der Waals surface area contributed by atoms with Crippen LogP contribution in [0.2, 0.25) is 0 Å². The summed E-state index contributed by atoms with van der Waals surface area (Å²) in [7, 11) is 3.96. The van der Waals surface area contributed by atoms with Gasteiger partial charge in [0.25, 0.3) is 0 Å². The zero-order valence-corrected chi connectivity index (χ0v) is 25.3. The summed E-state index contributed by atoms with van der Waals surface area (Å²) in [6.07, 6.45) is 4.68. The molecule has 5 rings (SSSR count). The normalized spacial score (nSPS) is 11.9. The second-order valence-electron chi connectivity index (χ2n) is 11.0. The first kappa shape index (κ1) is 31.0. The lowest BCUT2D eigenvalue weighted by atomic mass is 9.99. The topological polar surface area (TPSA) is 105 Å². The Labute approximate surface area is 261 Å². The quantitative estimate of drug-likeness (QED) is 0.201. The van der Waals surface area contributed by atoms with Crippen molar-refractivity contribution in [3.8, 4) is 16.8 Å². The maximum absolute atomic E-state index is 15.4. The number of hydrogen-bond donors (Lipinski definition) is 2. The zero-order chi connectivity index (χ0) is 31.8. The van der Waals surface area contributed by atoms with Crippen molar-refractivity contribution in [3.63, 3.8) is 0 Å². The summed E-state index contributed by atoms with van der Waals surface area (Å²) in [5.74, 6) is -1.59. The van der Waals surface area contributed by atoms with E-state index in [-0.39, 0.29) is 12.1 Å². The highest BCUT2D eigenvalue weighted by molar-refractivity contribution is 6.00. The number of amides is 2. The molecule has 228 valence electrons. The summed E-state index contributed by atoms with van der Waals surface area (Å²) in [6, 6.07) is 26.6. The molecule has 0 radical (unpaired) electrons. The zero-order valence-electron chi connectivity index (χ0n) is 25.3. The highest BCUT2D eigenvalue weighted by Gasteiger charge is 2.22. The van der Waals surface area contributed by atoms with E-state index >= 15 is 4.39 Å². The van der Waals surface area contributed by atoms with E-state index in [0.717, 1.165) is 27.8 Å². The van der Waals surface area contributed by atoms with Crippen LogP contribution >= 0.6 is 0 Å². The molecule has 2 N–H and O–H groups in total. The molecule has 0 spiro atoms. The molecule has 5 aromatic rings. The number of aryl methyl sites for hydroxylation is 1. The van der Waals surface area contributed by atoms with Crippen LogP contribution in [0.25, 0.3) is 22.9 Å². The monoisotopic (exact) mass is 603 g/mol. The van der Waals surface area contributed by atoms with Crippen molar-refractivity contribution >= 4 is 23.6 Å². The maximum Gasteiger partial charge on any atom is 0.247 e. The van der Waals surface area contributed by atoms with Gasteiger partial charge in [0.2, 0.25) is 11.8 Å². The summed E-state index contributed by atoms with van der Waals surface area (Å²) in [6.45, 7) is 2.64. The molecule has 0 unspecified atom stereocenters. The molecule has 0 aliphatic heterocycles. The molecular weight excluding hydrogens is 569 g/mol. The Bertz CT molecular complexity index is 1800. The summed E-state index contributed by atoms with van der Waals surface area (Å²) >= 11 is 0.